The highest BCUT2D eigenvalue weighted by atomic mass is 16.2. The highest BCUT2D eigenvalue weighted by molar-refractivity contribution is 5.93. The Morgan fingerprint density at radius 3 is 2.86 bits per heavy atom. The molecule has 2 rings (SSSR count). The molecule has 0 aliphatic heterocycles. The van der Waals surface area contributed by atoms with Crippen molar-refractivity contribution in [3.63, 3.8) is 0 Å². The van der Waals surface area contributed by atoms with Crippen LogP contribution in [-0.4, -0.2) is 10.6 Å². The van der Waals surface area contributed by atoms with Gasteiger partial charge in [-0.05, 0) is 18.6 Å². The van der Waals surface area contributed by atoms with Gasteiger partial charge in [-0.1, -0.05) is 18.2 Å². The lowest BCUT2D eigenvalue weighted by Gasteiger charge is -2.01. The molecule has 4 nitrogen and oxygen atoms in total. The number of rotatable bonds is 0. The minimum absolute atomic E-state index is 0.325. The van der Waals surface area contributed by atoms with Gasteiger partial charge in [0, 0.05) is 11.6 Å². The minimum atomic E-state index is -0.325. The van der Waals surface area contributed by atoms with Gasteiger partial charge in [-0.3, -0.25) is 9.99 Å². The van der Waals surface area contributed by atoms with E-state index in [2.05, 4.69) is 5.43 Å². The molecule has 0 atom stereocenters. The van der Waals surface area contributed by atoms with Crippen LogP contribution in [0.25, 0.3) is 10.9 Å². The highest BCUT2D eigenvalue weighted by Crippen LogP contribution is 2.19. The first-order valence-corrected chi connectivity index (χ1v) is 4.31. The van der Waals surface area contributed by atoms with Crippen molar-refractivity contribution in [1.29, 1.82) is 0 Å². The zero-order valence-electron chi connectivity index (χ0n) is 7.82. The summed E-state index contributed by atoms with van der Waals surface area (Å²) in [6.07, 6.45) is 1.77. The van der Waals surface area contributed by atoms with E-state index < -0.39 is 0 Å². The molecule has 0 fully saturated rings. The summed E-state index contributed by atoms with van der Waals surface area (Å²) in [5, 5.41) is 1.07. The summed E-state index contributed by atoms with van der Waals surface area (Å²) in [6, 6.07) is 7.37. The van der Waals surface area contributed by atoms with E-state index in [1.165, 1.54) is 4.57 Å². The van der Waals surface area contributed by atoms with E-state index in [9.17, 15) is 4.79 Å². The van der Waals surface area contributed by atoms with Crippen molar-refractivity contribution in [2.45, 2.75) is 6.92 Å². The minimum Gasteiger partial charge on any atom is -0.275 e. The number of hydrogen-bond donors (Lipinski definition) is 2. The van der Waals surface area contributed by atoms with Crippen LogP contribution in [0, 0.1) is 6.92 Å². The zero-order chi connectivity index (χ0) is 10.1. The number of aryl methyl sites for hydroxylation is 1. The van der Waals surface area contributed by atoms with Gasteiger partial charge < -0.3 is 0 Å². The van der Waals surface area contributed by atoms with Crippen molar-refractivity contribution in [1.82, 2.24) is 9.99 Å². The smallest absolute Gasteiger partial charge is 0.275 e. The number of nitrogen functional groups attached to an aromatic ring is 1. The lowest BCUT2D eigenvalue weighted by molar-refractivity contribution is 0.243. The lowest BCUT2D eigenvalue weighted by atomic mass is 10.2. The monoisotopic (exact) mass is 189 g/mol. The maximum absolute atomic E-state index is 11.4. The average Bonchev–Trinajstić information content (AvgIpc) is 2.56. The number of amides is 1. The number of benzene rings is 1. The fraction of sp³-hybridized carbons (Fsp3) is 0.100. The van der Waals surface area contributed by atoms with Gasteiger partial charge in [0.05, 0.1) is 5.52 Å². The molecule has 1 aromatic carbocycles. The molecule has 2 aromatic rings. The molecule has 1 amide bonds. The summed E-state index contributed by atoms with van der Waals surface area (Å²) in [4.78, 5) is 11.4. The van der Waals surface area contributed by atoms with Crippen LogP contribution in [0.5, 0.6) is 0 Å². The van der Waals surface area contributed by atoms with Crippen molar-refractivity contribution < 1.29 is 4.79 Å². The largest absolute Gasteiger partial charge is 0.340 e. The summed E-state index contributed by atoms with van der Waals surface area (Å²) in [7, 11) is 0. The van der Waals surface area contributed by atoms with Gasteiger partial charge in [0.1, 0.15) is 0 Å². The molecule has 1 heterocycles. The van der Waals surface area contributed by atoms with Gasteiger partial charge in [-0.15, -0.1) is 0 Å². The van der Waals surface area contributed by atoms with Crippen molar-refractivity contribution in [3.05, 3.63) is 36.0 Å². The third-order valence-electron chi connectivity index (χ3n) is 2.25. The second-order valence-corrected chi connectivity index (χ2v) is 3.15. The Morgan fingerprint density at radius 2 is 2.14 bits per heavy atom. The molecule has 72 valence electrons. The quantitative estimate of drug-likeness (QED) is 0.373. The number of nitrogens with one attached hydrogen (secondary N) is 1. The summed E-state index contributed by atoms with van der Waals surface area (Å²) in [5.41, 5.74) is 4.04. The first-order valence-electron chi connectivity index (χ1n) is 4.31. The van der Waals surface area contributed by atoms with Crippen molar-refractivity contribution in [3.8, 4) is 0 Å². The normalized spacial score (nSPS) is 10.4. The van der Waals surface area contributed by atoms with Gasteiger partial charge in [-0.2, -0.15) is 0 Å². The predicted octanol–water partition coefficient (Wildman–Crippen LogP) is 1.38. The number of fused-ring (bicyclic) bond motifs is 1. The Labute approximate surface area is 81.3 Å². The maximum atomic E-state index is 11.4. The Balaban J connectivity index is 2.72. The molecule has 3 N–H and O–H groups in total. The summed E-state index contributed by atoms with van der Waals surface area (Å²) < 4.78 is 1.50. The Kier molecular flexibility index (Phi) is 1.98. The van der Waals surface area contributed by atoms with Gasteiger partial charge >= 0.3 is 6.03 Å². The van der Waals surface area contributed by atoms with Crippen LogP contribution in [0.15, 0.2) is 30.5 Å². The molecule has 0 bridgehead atoms. The van der Waals surface area contributed by atoms with Gasteiger partial charge in [-0.25, -0.2) is 10.6 Å². The molecule has 0 aliphatic carbocycles. The molecule has 0 unspecified atom stereocenters. The molecule has 4 heteroatoms. The number of carbonyl (C=O) groups excluding carboxylic acids is 1. The van der Waals surface area contributed by atoms with E-state index in [1.54, 1.807) is 6.20 Å². The molecule has 0 saturated heterocycles. The third-order valence-corrected chi connectivity index (χ3v) is 2.25. The van der Waals surface area contributed by atoms with E-state index in [-0.39, 0.29) is 6.03 Å². The molecule has 0 spiro atoms. The number of aromatic nitrogens is 1. The molecular formula is C10H11N3O. The van der Waals surface area contributed by atoms with Crippen LogP contribution in [0.3, 0.4) is 0 Å². The van der Waals surface area contributed by atoms with Crippen LogP contribution in [0.4, 0.5) is 4.79 Å². The second-order valence-electron chi connectivity index (χ2n) is 3.15. The van der Waals surface area contributed by atoms with Gasteiger partial charge in [0.25, 0.3) is 0 Å². The highest BCUT2D eigenvalue weighted by Gasteiger charge is 2.08. The van der Waals surface area contributed by atoms with E-state index in [4.69, 9.17) is 5.84 Å². The van der Waals surface area contributed by atoms with Crippen molar-refractivity contribution in [2.24, 2.45) is 5.84 Å². The van der Waals surface area contributed by atoms with E-state index in [0.717, 1.165) is 16.5 Å². The number of carbonyl (C=O) groups is 1. The topological polar surface area (TPSA) is 60.0 Å². The molecule has 1 aromatic heterocycles. The number of hydrazine groups is 1. The van der Waals surface area contributed by atoms with Crippen molar-refractivity contribution >= 4 is 16.9 Å². The molecule has 0 saturated carbocycles. The van der Waals surface area contributed by atoms with Gasteiger partial charge in [0.15, 0.2) is 0 Å². The van der Waals surface area contributed by atoms with Crippen LogP contribution in [-0.2, 0) is 0 Å². The van der Waals surface area contributed by atoms with Crippen LogP contribution in [0.2, 0.25) is 0 Å². The first-order chi connectivity index (χ1) is 6.74. The molecule has 0 radical (unpaired) electrons. The number of hydrogen-bond acceptors (Lipinski definition) is 2. The van der Waals surface area contributed by atoms with Crippen molar-refractivity contribution in [2.75, 3.05) is 0 Å². The van der Waals surface area contributed by atoms with Crippen LogP contribution >= 0.6 is 0 Å². The lowest BCUT2D eigenvalue weighted by Crippen LogP contribution is -2.33. The molecule has 0 aliphatic rings. The predicted molar refractivity (Wildman–Crippen MR) is 54.8 cm³/mol. The van der Waals surface area contributed by atoms with Gasteiger partial charge in [0.2, 0.25) is 0 Å². The average molecular weight is 189 g/mol. The van der Waals surface area contributed by atoms with Crippen LogP contribution in [0.1, 0.15) is 5.56 Å². The summed E-state index contributed by atoms with van der Waals surface area (Å²) in [5.74, 6) is 5.08. The van der Waals surface area contributed by atoms with E-state index in [0.29, 0.717) is 0 Å². The SMILES string of the molecule is Cc1cn(C(=O)NN)c2ccccc12. The molecule has 14 heavy (non-hydrogen) atoms. The standard InChI is InChI=1S/C10H11N3O/c1-7-6-13(10(14)12-11)9-5-3-2-4-8(7)9/h2-6H,11H2,1H3,(H,12,14). The summed E-state index contributed by atoms with van der Waals surface area (Å²) in [6.45, 7) is 1.96. The fourth-order valence-electron chi connectivity index (χ4n) is 1.59. The zero-order valence-corrected chi connectivity index (χ0v) is 7.82. The third kappa shape index (κ3) is 1.16. The number of nitrogens with two attached hydrogens (primary N) is 1. The fourth-order valence-corrected chi connectivity index (χ4v) is 1.59. The second kappa shape index (κ2) is 3.16. The number of para-hydroxylation sites is 1. The Morgan fingerprint density at radius 1 is 1.43 bits per heavy atom. The maximum Gasteiger partial charge on any atom is 0.340 e. The Bertz CT molecular complexity index is 487. The van der Waals surface area contributed by atoms with E-state index >= 15 is 0 Å². The first kappa shape index (κ1) is 8.77. The summed E-state index contributed by atoms with van der Waals surface area (Å²) >= 11 is 0. The molecular weight excluding hydrogens is 178 g/mol. The number of nitrogens with zero attached hydrogens (tertiary/aromatic N) is 1. The van der Waals surface area contributed by atoms with E-state index in [1.807, 2.05) is 31.2 Å². The Hall–Kier alpha value is -1.81. The van der Waals surface area contributed by atoms with Crippen LogP contribution < -0.4 is 11.3 Å².